The predicted molar refractivity (Wildman–Crippen MR) is 136 cm³/mol. The molecule has 1 N–H and O–H groups in total. The molecule has 0 saturated heterocycles. The van der Waals surface area contributed by atoms with Crippen LogP contribution in [0.5, 0.6) is 5.75 Å². The van der Waals surface area contributed by atoms with E-state index in [9.17, 15) is 9.59 Å². The Morgan fingerprint density at radius 3 is 2.45 bits per heavy atom. The molecule has 1 atom stereocenters. The average molecular weight is 639 g/mol. The largest absolute Gasteiger partial charge is 0.487 e. The van der Waals surface area contributed by atoms with Crippen molar-refractivity contribution in [3.05, 3.63) is 89.7 Å². The Balaban J connectivity index is 1.92. The van der Waals surface area contributed by atoms with Crippen LogP contribution in [0.15, 0.2) is 65.9 Å². The van der Waals surface area contributed by atoms with Gasteiger partial charge in [-0.2, -0.15) is 0 Å². The molecule has 0 aromatic heterocycles. The molecular weight excluding hydrogens is 620 g/mol. The number of hydrogen-bond donors (Lipinski definition) is 1. The molecule has 0 spiro atoms. The second-order valence-corrected chi connectivity index (χ2v) is 9.49. The van der Waals surface area contributed by atoms with Crippen molar-refractivity contribution in [1.29, 1.82) is 0 Å². The minimum absolute atomic E-state index is 0.0750. The molecular formula is C24H19I2NO4. The molecule has 158 valence electrons. The number of methoxy groups -OCH3 is 1. The quantitative estimate of drug-likeness (QED) is 0.277. The van der Waals surface area contributed by atoms with Gasteiger partial charge in [0.25, 0.3) is 0 Å². The molecule has 0 saturated carbocycles. The van der Waals surface area contributed by atoms with Gasteiger partial charge in [0.1, 0.15) is 12.4 Å². The van der Waals surface area contributed by atoms with Crippen LogP contribution in [0.1, 0.15) is 34.3 Å². The Morgan fingerprint density at radius 1 is 1.19 bits per heavy atom. The van der Waals surface area contributed by atoms with Crippen LogP contribution >= 0.6 is 45.2 Å². The number of halogens is 2. The number of esters is 1. The maximum absolute atomic E-state index is 13.4. The van der Waals surface area contributed by atoms with Crippen molar-refractivity contribution in [1.82, 2.24) is 5.32 Å². The summed E-state index contributed by atoms with van der Waals surface area (Å²) in [5, 5.41) is 3.30. The summed E-state index contributed by atoms with van der Waals surface area (Å²) in [4.78, 5) is 26.3. The van der Waals surface area contributed by atoms with E-state index in [2.05, 4.69) is 57.1 Å². The highest BCUT2D eigenvalue weighted by Gasteiger charge is 2.43. The number of allylic oxidation sites excluding steroid dienone is 2. The minimum atomic E-state index is -0.543. The van der Waals surface area contributed by atoms with Crippen molar-refractivity contribution in [3.8, 4) is 5.75 Å². The zero-order chi connectivity index (χ0) is 22.3. The molecule has 0 unspecified atom stereocenters. The monoisotopic (exact) mass is 639 g/mol. The third-order valence-corrected chi connectivity index (χ3v) is 6.96. The fourth-order valence-corrected chi connectivity index (χ4v) is 6.20. The number of ether oxygens (including phenoxy) is 2. The van der Waals surface area contributed by atoms with Crippen molar-refractivity contribution in [2.24, 2.45) is 0 Å². The summed E-state index contributed by atoms with van der Waals surface area (Å²) in [5.41, 5.74) is 4.78. The maximum Gasteiger partial charge on any atom is 0.336 e. The molecule has 4 rings (SSSR count). The highest BCUT2D eigenvalue weighted by Crippen LogP contribution is 2.47. The van der Waals surface area contributed by atoms with E-state index in [0.29, 0.717) is 29.0 Å². The van der Waals surface area contributed by atoms with Gasteiger partial charge in [-0.05, 0) is 69.8 Å². The number of benzene rings is 2. The first-order valence-corrected chi connectivity index (χ1v) is 11.7. The van der Waals surface area contributed by atoms with E-state index in [4.69, 9.17) is 9.47 Å². The van der Waals surface area contributed by atoms with E-state index in [1.807, 2.05) is 43.3 Å². The zero-order valence-electron chi connectivity index (χ0n) is 16.9. The van der Waals surface area contributed by atoms with E-state index < -0.39 is 11.9 Å². The fraction of sp³-hybridized carbons (Fsp3) is 0.167. The number of carbonyl (C=O) groups is 2. The van der Waals surface area contributed by atoms with Gasteiger partial charge in [-0.1, -0.05) is 36.9 Å². The summed E-state index contributed by atoms with van der Waals surface area (Å²) in [5.74, 6) is -0.315. The molecule has 5 nitrogen and oxygen atoms in total. The minimum Gasteiger partial charge on any atom is -0.487 e. The highest BCUT2D eigenvalue weighted by atomic mass is 127. The molecule has 2 aromatic rings. The van der Waals surface area contributed by atoms with Gasteiger partial charge >= 0.3 is 5.97 Å². The van der Waals surface area contributed by atoms with E-state index in [-0.39, 0.29) is 5.78 Å². The third-order valence-electron chi connectivity index (χ3n) is 5.35. The van der Waals surface area contributed by atoms with Crippen molar-refractivity contribution < 1.29 is 19.1 Å². The number of ketones is 1. The summed E-state index contributed by atoms with van der Waals surface area (Å²) in [7, 11) is 1.36. The van der Waals surface area contributed by atoms with Crippen LogP contribution in [0.4, 0.5) is 0 Å². The summed E-state index contributed by atoms with van der Waals surface area (Å²) < 4.78 is 12.7. The molecule has 2 aromatic carbocycles. The topological polar surface area (TPSA) is 64.6 Å². The van der Waals surface area contributed by atoms with Crippen molar-refractivity contribution in [2.45, 2.75) is 12.8 Å². The van der Waals surface area contributed by atoms with Gasteiger partial charge in [0, 0.05) is 28.3 Å². The molecule has 1 aliphatic carbocycles. The molecule has 0 radical (unpaired) electrons. The summed E-state index contributed by atoms with van der Waals surface area (Å²) in [6.07, 6.45) is 1.69. The first kappa shape index (κ1) is 22.1. The number of nitrogens with one attached hydrogen (secondary N) is 1. The number of hydrogen-bond acceptors (Lipinski definition) is 5. The molecule has 0 bridgehead atoms. The number of carbonyl (C=O) groups excluding carboxylic acids is 2. The molecule has 2 aliphatic rings. The molecule has 1 aliphatic heterocycles. The lowest BCUT2D eigenvalue weighted by Gasteiger charge is -2.29. The van der Waals surface area contributed by atoms with Crippen LogP contribution in [0.2, 0.25) is 0 Å². The normalized spacial score (nSPS) is 17.2. The van der Waals surface area contributed by atoms with Gasteiger partial charge in [-0.25, -0.2) is 4.79 Å². The van der Waals surface area contributed by atoms with Gasteiger partial charge in [0.05, 0.1) is 25.5 Å². The van der Waals surface area contributed by atoms with Gasteiger partial charge in [0.15, 0.2) is 5.78 Å². The lowest BCUT2D eigenvalue weighted by Crippen LogP contribution is -2.29. The molecule has 0 amide bonds. The smallest absolute Gasteiger partial charge is 0.336 e. The van der Waals surface area contributed by atoms with Crippen LogP contribution in [-0.2, 0) is 9.53 Å². The Labute approximate surface area is 207 Å². The van der Waals surface area contributed by atoms with Gasteiger partial charge in [-0.15, -0.1) is 0 Å². The van der Waals surface area contributed by atoms with Crippen molar-refractivity contribution >= 4 is 62.6 Å². The fourth-order valence-electron chi connectivity index (χ4n) is 4.07. The predicted octanol–water partition coefficient (Wildman–Crippen LogP) is 5.20. The van der Waals surface area contributed by atoms with E-state index >= 15 is 0 Å². The molecule has 31 heavy (non-hydrogen) atoms. The molecule has 7 heteroatoms. The zero-order valence-corrected chi connectivity index (χ0v) is 21.2. The lowest BCUT2D eigenvalue weighted by molar-refractivity contribution is -0.136. The number of Topliss-reactive ketones (excluding diaryl/α,β-unsaturated/α-hetero) is 1. The van der Waals surface area contributed by atoms with Crippen LogP contribution in [-0.4, -0.2) is 25.5 Å². The number of fused-ring (bicyclic) bond motifs is 2. The Bertz CT molecular complexity index is 1170. The Kier molecular flexibility index (Phi) is 6.25. The summed E-state index contributed by atoms with van der Waals surface area (Å²) >= 11 is 4.44. The van der Waals surface area contributed by atoms with E-state index in [0.717, 1.165) is 29.7 Å². The van der Waals surface area contributed by atoms with Crippen molar-refractivity contribution in [2.75, 3.05) is 13.7 Å². The first-order chi connectivity index (χ1) is 14.9. The average Bonchev–Trinajstić information content (AvgIpc) is 3.03. The van der Waals surface area contributed by atoms with Crippen LogP contribution < -0.4 is 10.1 Å². The van der Waals surface area contributed by atoms with Gasteiger partial charge < -0.3 is 14.8 Å². The third kappa shape index (κ3) is 3.71. The molecule has 1 heterocycles. The summed E-state index contributed by atoms with van der Waals surface area (Å²) in [6, 6.07) is 11.4. The number of dihydropyridines is 1. The highest BCUT2D eigenvalue weighted by molar-refractivity contribution is 14.1. The van der Waals surface area contributed by atoms with Gasteiger partial charge in [-0.3, -0.25) is 4.79 Å². The SMILES string of the molecule is C=CCOc1c(I)cc([C@@H]2C(C(=O)OC)=C(C)NC3=C2C(=O)c2ccccc23)cc1I. The summed E-state index contributed by atoms with van der Waals surface area (Å²) in [6.45, 7) is 5.94. The van der Waals surface area contributed by atoms with Crippen LogP contribution in [0, 0.1) is 7.14 Å². The second kappa shape index (κ2) is 8.78. The Morgan fingerprint density at radius 2 is 1.84 bits per heavy atom. The molecule has 0 fully saturated rings. The maximum atomic E-state index is 13.4. The van der Waals surface area contributed by atoms with E-state index in [1.54, 1.807) is 6.08 Å². The van der Waals surface area contributed by atoms with Crippen molar-refractivity contribution in [3.63, 3.8) is 0 Å². The van der Waals surface area contributed by atoms with E-state index in [1.165, 1.54) is 7.11 Å². The first-order valence-electron chi connectivity index (χ1n) is 9.56. The standard InChI is InChI=1S/C24H19I2NO4/c1-4-9-31-23-16(25)10-13(11-17(23)26)19-18(24(29)30-3)12(2)27-21-14-7-5-6-8-15(14)22(28)20(19)21/h4-8,10-11,19,27H,1,9H2,2-3H3/t19-/m1/s1. The van der Waals surface area contributed by atoms with Crippen LogP contribution in [0.3, 0.4) is 0 Å². The number of rotatable bonds is 5. The van der Waals surface area contributed by atoms with Crippen LogP contribution in [0.25, 0.3) is 5.70 Å². The Hall–Kier alpha value is -2.14. The van der Waals surface area contributed by atoms with Gasteiger partial charge in [0.2, 0.25) is 0 Å². The lowest BCUT2D eigenvalue weighted by atomic mass is 9.80. The second-order valence-electron chi connectivity index (χ2n) is 7.17.